The van der Waals surface area contributed by atoms with Crippen LogP contribution in [0.3, 0.4) is 0 Å². The smallest absolute Gasteiger partial charge is 0.153 e. The number of rotatable bonds is 5. The van der Waals surface area contributed by atoms with Crippen LogP contribution in [0.4, 0.5) is 17.2 Å². The molecule has 1 heterocycles. The molecular formula is C15H19N3O. The molecule has 2 aromatic rings. The van der Waals surface area contributed by atoms with Gasteiger partial charge in [-0.15, -0.1) is 0 Å². The minimum absolute atomic E-state index is 0.645. The Morgan fingerprint density at radius 2 is 2.00 bits per heavy atom. The molecule has 0 fully saturated rings. The number of hydrogen-bond donors (Lipinski definition) is 2. The lowest BCUT2D eigenvalue weighted by Crippen LogP contribution is -2.00. The van der Waals surface area contributed by atoms with Crippen molar-refractivity contribution < 1.29 is 4.74 Å². The number of nitrogens with one attached hydrogen (secondary N) is 1. The van der Waals surface area contributed by atoms with E-state index >= 15 is 0 Å². The van der Waals surface area contributed by atoms with E-state index < -0.39 is 0 Å². The quantitative estimate of drug-likeness (QED) is 0.860. The Morgan fingerprint density at radius 3 is 2.63 bits per heavy atom. The van der Waals surface area contributed by atoms with Crippen molar-refractivity contribution in [3.8, 4) is 5.75 Å². The van der Waals surface area contributed by atoms with Gasteiger partial charge in [-0.2, -0.15) is 0 Å². The summed E-state index contributed by atoms with van der Waals surface area (Å²) in [5, 5.41) is 3.19. The Labute approximate surface area is 113 Å². The molecule has 0 aliphatic rings. The summed E-state index contributed by atoms with van der Waals surface area (Å²) < 4.78 is 5.53. The van der Waals surface area contributed by atoms with Gasteiger partial charge in [0.1, 0.15) is 5.75 Å². The molecule has 0 unspecified atom stereocenters. The summed E-state index contributed by atoms with van der Waals surface area (Å²) in [5.41, 5.74) is 8.54. The molecule has 0 saturated carbocycles. The molecule has 0 radical (unpaired) electrons. The fourth-order valence-corrected chi connectivity index (χ4v) is 1.69. The van der Waals surface area contributed by atoms with E-state index in [9.17, 15) is 0 Å². The van der Waals surface area contributed by atoms with Crippen molar-refractivity contribution in [1.82, 2.24) is 4.98 Å². The van der Waals surface area contributed by atoms with E-state index in [1.54, 1.807) is 6.20 Å². The number of ether oxygens (including phenoxy) is 1. The molecule has 0 saturated heterocycles. The van der Waals surface area contributed by atoms with Crippen molar-refractivity contribution in [3.63, 3.8) is 0 Å². The lowest BCUT2D eigenvalue weighted by atomic mass is 10.2. The van der Waals surface area contributed by atoms with Gasteiger partial charge in [-0.05, 0) is 49.2 Å². The number of anilines is 3. The lowest BCUT2D eigenvalue weighted by Gasteiger charge is -2.10. The number of nitrogens with zero attached hydrogens (tertiary/aromatic N) is 1. The third kappa shape index (κ3) is 3.61. The molecule has 100 valence electrons. The second kappa shape index (κ2) is 6.09. The van der Waals surface area contributed by atoms with Crippen molar-refractivity contribution in [1.29, 1.82) is 0 Å². The number of benzene rings is 1. The van der Waals surface area contributed by atoms with Gasteiger partial charge >= 0.3 is 0 Å². The normalized spacial score (nSPS) is 10.2. The van der Waals surface area contributed by atoms with E-state index in [4.69, 9.17) is 10.5 Å². The second-order valence-corrected chi connectivity index (χ2v) is 4.45. The first-order valence-corrected chi connectivity index (χ1v) is 6.41. The van der Waals surface area contributed by atoms with Crippen LogP contribution in [0.2, 0.25) is 0 Å². The summed E-state index contributed by atoms with van der Waals surface area (Å²) >= 11 is 0. The first kappa shape index (κ1) is 13.2. The highest BCUT2D eigenvalue weighted by Crippen LogP contribution is 2.23. The van der Waals surface area contributed by atoms with Crippen LogP contribution in [-0.4, -0.2) is 11.6 Å². The van der Waals surface area contributed by atoms with E-state index in [2.05, 4.69) is 17.2 Å². The van der Waals surface area contributed by atoms with Crippen LogP contribution in [0.15, 0.2) is 36.5 Å². The Hall–Kier alpha value is -2.23. The fraction of sp³-hybridized carbons (Fsp3) is 0.267. The molecular weight excluding hydrogens is 238 g/mol. The van der Waals surface area contributed by atoms with Gasteiger partial charge in [0.15, 0.2) is 5.82 Å². The summed E-state index contributed by atoms with van der Waals surface area (Å²) in [7, 11) is 0. The van der Waals surface area contributed by atoms with Gasteiger partial charge in [-0.25, -0.2) is 4.98 Å². The third-order valence-corrected chi connectivity index (χ3v) is 2.64. The highest BCUT2D eigenvalue weighted by molar-refractivity contribution is 5.69. The topological polar surface area (TPSA) is 60.2 Å². The van der Waals surface area contributed by atoms with Crippen LogP contribution >= 0.6 is 0 Å². The van der Waals surface area contributed by atoms with Crippen LogP contribution in [-0.2, 0) is 0 Å². The predicted octanol–water partition coefficient (Wildman–Crippen LogP) is 3.50. The van der Waals surface area contributed by atoms with Crippen molar-refractivity contribution in [2.45, 2.75) is 20.3 Å². The van der Waals surface area contributed by atoms with Crippen LogP contribution in [0, 0.1) is 6.92 Å². The number of nitrogen functional groups attached to an aromatic ring is 1. The maximum Gasteiger partial charge on any atom is 0.153 e. The molecule has 0 spiro atoms. The first-order chi connectivity index (χ1) is 9.19. The number of nitrogens with two attached hydrogens (primary N) is 1. The maximum absolute atomic E-state index is 5.92. The van der Waals surface area contributed by atoms with E-state index in [0.717, 1.165) is 30.0 Å². The fourth-order valence-electron chi connectivity index (χ4n) is 1.69. The summed E-state index contributed by atoms with van der Waals surface area (Å²) in [6, 6.07) is 9.66. The standard InChI is InChI=1S/C15H19N3O/c1-3-8-19-13-6-4-12(5-7-13)18-15-14(16)9-11(2)10-17-15/h4-7,9-10H,3,8,16H2,1-2H3,(H,17,18). The molecule has 0 bridgehead atoms. The van der Waals surface area contributed by atoms with Crippen LogP contribution in [0.5, 0.6) is 5.75 Å². The Bertz CT molecular complexity index is 538. The minimum Gasteiger partial charge on any atom is -0.494 e. The molecule has 2 rings (SSSR count). The maximum atomic E-state index is 5.92. The number of aryl methyl sites for hydroxylation is 1. The molecule has 1 aromatic carbocycles. The zero-order chi connectivity index (χ0) is 13.7. The SMILES string of the molecule is CCCOc1ccc(Nc2ncc(C)cc2N)cc1. The molecule has 0 atom stereocenters. The average Bonchev–Trinajstić information content (AvgIpc) is 2.41. The summed E-state index contributed by atoms with van der Waals surface area (Å²) in [6.07, 6.45) is 2.79. The highest BCUT2D eigenvalue weighted by Gasteiger charge is 2.02. The molecule has 0 aliphatic heterocycles. The van der Waals surface area contributed by atoms with Crippen molar-refractivity contribution in [2.75, 3.05) is 17.7 Å². The van der Waals surface area contributed by atoms with Crippen LogP contribution in [0.25, 0.3) is 0 Å². The molecule has 19 heavy (non-hydrogen) atoms. The van der Waals surface area contributed by atoms with E-state index in [1.165, 1.54) is 0 Å². The molecule has 4 nitrogen and oxygen atoms in total. The third-order valence-electron chi connectivity index (χ3n) is 2.64. The van der Waals surface area contributed by atoms with Crippen LogP contribution < -0.4 is 15.8 Å². The molecule has 1 aromatic heterocycles. The van der Waals surface area contributed by atoms with Crippen molar-refractivity contribution >= 4 is 17.2 Å². The number of aromatic nitrogens is 1. The first-order valence-electron chi connectivity index (χ1n) is 6.41. The van der Waals surface area contributed by atoms with E-state index in [1.807, 2.05) is 37.3 Å². The van der Waals surface area contributed by atoms with Gasteiger partial charge in [0.2, 0.25) is 0 Å². The van der Waals surface area contributed by atoms with E-state index in [0.29, 0.717) is 11.5 Å². The van der Waals surface area contributed by atoms with Crippen molar-refractivity contribution in [3.05, 3.63) is 42.1 Å². The minimum atomic E-state index is 0.645. The van der Waals surface area contributed by atoms with Gasteiger partial charge in [0.25, 0.3) is 0 Å². The molecule has 0 aliphatic carbocycles. The van der Waals surface area contributed by atoms with Gasteiger partial charge in [0.05, 0.1) is 12.3 Å². The largest absolute Gasteiger partial charge is 0.494 e. The zero-order valence-electron chi connectivity index (χ0n) is 11.3. The number of pyridine rings is 1. The van der Waals surface area contributed by atoms with Gasteiger partial charge in [-0.1, -0.05) is 6.92 Å². The van der Waals surface area contributed by atoms with Gasteiger partial charge in [0, 0.05) is 11.9 Å². The Kier molecular flexibility index (Phi) is 4.23. The zero-order valence-corrected chi connectivity index (χ0v) is 11.3. The average molecular weight is 257 g/mol. The number of hydrogen-bond acceptors (Lipinski definition) is 4. The highest BCUT2D eigenvalue weighted by atomic mass is 16.5. The van der Waals surface area contributed by atoms with Gasteiger partial charge in [-0.3, -0.25) is 0 Å². The molecule has 0 amide bonds. The predicted molar refractivity (Wildman–Crippen MR) is 78.9 cm³/mol. The van der Waals surface area contributed by atoms with Crippen LogP contribution in [0.1, 0.15) is 18.9 Å². The van der Waals surface area contributed by atoms with Gasteiger partial charge < -0.3 is 15.8 Å². The molecule has 4 heteroatoms. The molecule has 3 N–H and O–H groups in total. The summed E-state index contributed by atoms with van der Waals surface area (Å²) in [6.45, 7) is 4.79. The van der Waals surface area contributed by atoms with Crippen molar-refractivity contribution in [2.24, 2.45) is 0 Å². The Morgan fingerprint density at radius 1 is 1.26 bits per heavy atom. The Balaban J connectivity index is 2.06. The lowest BCUT2D eigenvalue weighted by molar-refractivity contribution is 0.317. The summed E-state index contributed by atoms with van der Waals surface area (Å²) in [4.78, 5) is 4.28. The van der Waals surface area contributed by atoms with E-state index in [-0.39, 0.29) is 0 Å². The summed E-state index contributed by atoms with van der Waals surface area (Å²) in [5.74, 6) is 1.55. The second-order valence-electron chi connectivity index (χ2n) is 4.45. The monoisotopic (exact) mass is 257 g/mol.